The molecule has 1 unspecified atom stereocenters. The molecule has 0 fully saturated rings. The number of rotatable bonds is 6. The summed E-state index contributed by atoms with van der Waals surface area (Å²) in [5.41, 5.74) is 3.49. The summed E-state index contributed by atoms with van der Waals surface area (Å²) in [4.78, 5) is 0. The molecule has 0 aliphatic rings. The first kappa shape index (κ1) is 13.7. The van der Waals surface area contributed by atoms with Crippen LogP contribution >= 0.6 is 0 Å². The van der Waals surface area contributed by atoms with Crippen LogP contribution in [0.2, 0.25) is 0 Å². The number of likely N-dealkylation sites (N-methyl/N-ethyl adjacent to an activating group) is 1. The minimum absolute atomic E-state index is 0.252. The molecule has 5 heteroatoms. The van der Waals surface area contributed by atoms with Crippen molar-refractivity contribution in [1.29, 1.82) is 0 Å². The quantitative estimate of drug-likeness (QED) is 0.860. The molecule has 0 aliphatic carbocycles. The topological polar surface area (TPSA) is 55.6 Å². The van der Waals surface area contributed by atoms with Crippen LogP contribution in [0.1, 0.15) is 36.8 Å². The van der Waals surface area contributed by atoms with Crippen molar-refractivity contribution < 1.29 is 0 Å². The van der Waals surface area contributed by atoms with Crippen LogP contribution in [0.25, 0.3) is 0 Å². The summed E-state index contributed by atoms with van der Waals surface area (Å²) in [7, 11) is 0. The van der Waals surface area contributed by atoms with E-state index in [0.717, 1.165) is 25.2 Å². The Labute approximate surface area is 114 Å². The van der Waals surface area contributed by atoms with Crippen LogP contribution in [-0.4, -0.2) is 26.5 Å². The van der Waals surface area contributed by atoms with Crippen LogP contribution in [0, 0.1) is 6.92 Å². The number of aryl methyl sites for hydroxylation is 2. The molecule has 0 saturated heterocycles. The van der Waals surface area contributed by atoms with Gasteiger partial charge in [-0.05, 0) is 38.1 Å². The highest BCUT2D eigenvalue weighted by Crippen LogP contribution is 2.18. The monoisotopic (exact) mass is 259 g/mol. The first-order valence-corrected chi connectivity index (χ1v) is 6.77. The lowest BCUT2D eigenvalue weighted by molar-refractivity contribution is 0.514. The van der Waals surface area contributed by atoms with Crippen LogP contribution in [0.5, 0.6) is 0 Å². The van der Waals surface area contributed by atoms with E-state index in [1.54, 1.807) is 6.20 Å². The third-order valence-corrected chi connectivity index (χ3v) is 3.16. The predicted molar refractivity (Wildman–Crippen MR) is 74.8 cm³/mol. The van der Waals surface area contributed by atoms with Gasteiger partial charge in [-0.25, -0.2) is 0 Å². The second-order valence-electron chi connectivity index (χ2n) is 4.58. The number of nitrogens with one attached hydrogen (secondary N) is 1. The van der Waals surface area contributed by atoms with Gasteiger partial charge in [-0.15, -0.1) is 0 Å². The Bertz CT molecular complexity index is 506. The number of aromatic nitrogens is 4. The second kappa shape index (κ2) is 6.43. The fraction of sp³-hybridized carbons (Fsp3) is 0.500. The molecule has 1 N–H and O–H groups in total. The highest BCUT2D eigenvalue weighted by Gasteiger charge is 2.14. The van der Waals surface area contributed by atoms with Gasteiger partial charge < -0.3 is 5.32 Å². The minimum atomic E-state index is 0.252. The minimum Gasteiger partial charge on any atom is -0.310 e. The lowest BCUT2D eigenvalue weighted by Gasteiger charge is -2.18. The normalized spacial score (nSPS) is 12.6. The Morgan fingerprint density at radius 2 is 2.16 bits per heavy atom. The lowest BCUT2D eigenvalue weighted by Crippen LogP contribution is -2.24. The van der Waals surface area contributed by atoms with Crippen LogP contribution in [0.3, 0.4) is 0 Å². The van der Waals surface area contributed by atoms with Gasteiger partial charge in [0, 0.05) is 30.9 Å². The Hall–Kier alpha value is -1.75. The molecule has 102 valence electrons. The number of hydrogen-bond donors (Lipinski definition) is 1. The van der Waals surface area contributed by atoms with Crippen LogP contribution in [0.15, 0.2) is 24.5 Å². The number of nitrogens with zero attached hydrogens (tertiary/aromatic N) is 4. The second-order valence-corrected chi connectivity index (χ2v) is 4.58. The van der Waals surface area contributed by atoms with Crippen molar-refractivity contribution in [2.75, 3.05) is 6.54 Å². The van der Waals surface area contributed by atoms with Crippen LogP contribution in [-0.2, 0) is 13.0 Å². The molecule has 2 heterocycles. The van der Waals surface area contributed by atoms with Gasteiger partial charge in [0.1, 0.15) is 0 Å². The molecule has 5 nitrogen and oxygen atoms in total. The first-order valence-electron chi connectivity index (χ1n) is 6.77. The van der Waals surface area contributed by atoms with Crippen molar-refractivity contribution in [2.45, 2.75) is 39.8 Å². The molecule has 0 saturated carbocycles. The van der Waals surface area contributed by atoms with E-state index in [4.69, 9.17) is 0 Å². The average Bonchev–Trinajstić information content (AvgIpc) is 2.79. The zero-order valence-corrected chi connectivity index (χ0v) is 11.8. The summed E-state index contributed by atoms with van der Waals surface area (Å²) in [5, 5.41) is 15.8. The third-order valence-electron chi connectivity index (χ3n) is 3.16. The van der Waals surface area contributed by atoms with Crippen LogP contribution in [0.4, 0.5) is 0 Å². The zero-order valence-electron chi connectivity index (χ0n) is 11.8. The van der Waals surface area contributed by atoms with E-state index in [1.165, 1.54) is 11.3 Å². The summed E-state index contributed by atoms with van der Waals surface area (Å²) >= 11 is 0. The molecule has 0 aromatic carbocycles. The van der Waals surface area contributed by atoms with Gasteiger partial charge in [-0.1, -0.05) is 6.92 Å². The van der Waals surface area contributed by atoms with Crippen molar-refractivity contribution in [1.82, 2.24) is 25.3 Å². The first-order chi connectivity index (χ1) is 9.24. The summed E-state index contributed by atoms with van der Waals surface area (Å²) in [6.45, 7) is 8.09. The van der Waals surface area contributed by atoms with Gasteiger partial charge in [0.15, 0.2) is 0 Å². The fourth-order valence-corrected chi connectivity index (χ4v) is 2.31. The maximum atomic E-state index is 4.50. The SMILES string of the molecule is CCNC(Cc1cc(C)nn1CC)c1ccnnc1. The molecule has 0 aliphatic heterocycles. The molecule has 2 aromatic rings. The van der Waals surface area contributed by atoms with E-state index >= 15 is 0 Å². The largest absolute Gasteiger partial charge is 0.310 e. The highest BCUT2D eigenvalue weighted by atomic mass is 15.3. The van der Waals surface area contributed by atoms with Gasteiger partial charge in [-0.2, -0.15) is 15.3 Å². The van der Waals surface area contributed by atoms with Crippen molar-refractivity contribution in [3.05, 3.63) is 41.5 Å². The van der Waals surface area contributed by atoms with Gasteiger partial charge in [0.25, 0.3) is 0 Å². The molecule has 19 heavy (non-hydrogen) atoms. The summed E-state index contributed by atoms with van der Waals surface area (Å²) in [6.07, 6.45) is 4.48. The van der Waals surface area contributed by atoms with Crippen molar-refractivity contribution in [2.24, 2.45) is 0 Å². The lowest BCUT2D eigenvalue weighted by atomic mass is 10.0. The Balaban J connectivity index is 2.21. The highest BCUT2D eigenvalue weighted by molar-refractivity contribution is 5.17. The van der Waals surface area contributed by atoms with E-state index in [9.17, 15) is 0 Å². The molecule has 0 spiro atoms. The van der Waals surface area contributed by atoms with Gasteiger partial charge in [0.2, 0.25) is 0 Å². The van der Waals surface area contributed by atoms with E-state index in [-0.39, 0.29) is 6.04 Å². The van der Waals surface area contributed by atoms with Crippen molar-refractivity contribution >= 4 is 0 Å². The molecule has 2 aromatic heterocycles. The van der Waals surface area contributed by atoms with E-state index in [1.807, 2.05) is 19.2 Å². The fourth-order valence-electron chi connectivity index (χ4n) is 2.31. The number of hydrogen-bond acceptors (Lipinski definition) is 4. The van der Waals surface area contributed by atoms with Gasteiger partial charge >= 0.3 is 0 Å². The maximum absolute atomic E-state index is 4.50. The van der Waals surface area contributed by atoms with Gasteiger partial charge in [0.05, 0.1) is 11.9 Å². The Kier molecular flexibility index (Phi) is 4.63. The van der Waals surface area contributed by atoms with Crippen LogP contribution < -0.4 is 5.32 Å². The maximum Gasteiger partial charge on any atom is 0.0596 e. The molecule has 0 radical (unpaired) electrons. The van der Waals surface area contributed by atoms with Crippen molar-refractivity contribution in [3.8, 4) is 0 Å². The summed E-state index contributed by atoms with van der Waals surface area (Å²) < 4.78 is 2.06. The van der Waals surface area contributed by atoms with E-state index in [2.05, 4.69) is 45.2 Å². The average molecular weight is 259 g/mol. The Morgan fingerprint density at radius 1 is 1.32 bits per heavy atom. The zero-order chi connectivity index (χ0) is 13.7. The van der Waals surface area contributed by atoms with Gasteiger partial charge in [-0.3, -0.25) is 4.68 Å². The Morgan fingerprint density at radius 3 is 2.79 bits per heavy atom. The molecular weight excluding hydrogens is 238 g/mol. The predicted octanol–water partition coefficient (Wildman–Crippen LogP) is 1.89. The molecular formula is C14H21N5. The van der Waals surface area contributed by atoms with Crippen molar-refractivity contribution in [3.63, 3.8) is 0 Å². The molecule has 0 amide bonds. The third kappa shape index (κ3) is 3.38. The molecule has 2 rings (SSSR count). The van der Waals surface area contributed by atoms with E-state index in [0.29, 0.717) is 0 Å². The summed E-state index contributed by atoms with van der Waals surface area (Å²) in [5.74, 6) is 0. The molecule has 0 bridgehead atoms. The standard InChI is InChI=1S/C14H21N5/c1-4-15-14(12-6-7-16-17-10-12)9-13-8-11(3)18-19(13)5-2/h6-8,10,14-15H,4-5,9H2,1-3H3. The molecule has 1 atom stereocenters. The smallest absolute Gasteiger partial charge is 0.0596 e. The summed E-state index contributed by atoms with van der Waals surface area (Å²) in [6, 6.07) is 4.42. The van der Waals surface area contributed by atoms with E-state index < -0.39 is 0 Å².